The van der Waals surface area contributed by atoms with E-state index in [4.69, 9.17) is 4.42 Å². The van der Waals surface area contributed by atoms with Gasteiger partial charge in [-0.25, -0.2) is 9.97 Å². The number of pyridine rings is 1. The van der Waals surface area contributed by atoms with Gasteiger partial charge in [0.2, 0.25) is 5.78 Å². The highest BCUT2D eigenvalue weighted by Crippen LogP contribution is 2.33. The van der Waals surface area contributed by atoms with Gasteiger partial charge in [-0.2, -0.15) is 0 Å². The highest BCUT2D eigenvalue weighted by atomic mass is 16.4. The summed E-state index contributed by atoms with van der Waals surface area (Å²) in [6, 6.07) is 22.5. The van der Waals surface area contributed by atoms with Gasteiger partial charge in [0.25, 0.3) is 5.89 Å². The number of aromatic nitrogens is 2. The topological polar surface area (TPSA) is 56.0 Å². The van der Waals surface area contributed by atoms with E-state index in [1.165, 1.54) is 22.3 Å². The molecule has 2 aromatic carbocycles. The number of aryl methyl sites for hydroxylation is 1. The minimum absolute atomic E-state index is 0.0404. The highest BCUT2D eigenvalue weighted by molar-refractivity contribution is 5.95. The van der Waals surface area contributed by atoms with E-state index in [1.807, 2.05) is 43.3 Å². The van der Waals surface area contributed by atoms with Crippen LogP contribution in [0.25, 0.3) is 22.6 Å². The zero-order valence-corrected chi connectivity index (χ0v) is 16.1. The van der Waals surface area contributed by atoms with Crippen molar-refractivity contribution in [2.24, 2.45) is 5.92 Å². The molecule has 0 spiro atoms. The summed E-state index contributed by atoms with van der Waals surface area (Å²) in [5.41, 5.74) is 6.42. The van der Waals surface area contributed by atoms with E-state index in [2.05, 4.69) is 40.3 Å². The molecule has 4 aromatic rings. The Bertz CT molecular complexity index is 1190. The molecule has 1 unspecified atom stereocenters. The Morgan fingerprint density at radius 3 is 2.59 bits per heavy atom. The van der Waals surface area contributed by atoms with Crippen LogP contribution in [0.2, 0.25) is 0 Å². The summed E-state index contributed by atoms with van der Waals surface area (Å²) in [6.45, 7) is 1.92. The maximum atomic E-state index is 13.0. The maximum absolute atomic E-state index is 13.0. The SMILES string of the molecule is Cc1cccc(-c2cnc(C(=O)C3Cc4ccc(-c5ccccc5)cc4C3)o2)n1. The van der Waals surface area contributed by atoms with Gasteiger partial charge in [-0.1, -0.05) is 54.6 Å². The van der Waals surface area contributed by atoms with Crippen LogP contribution >= 0.6 is 0 Å². The third-order valence-corrected chi connectivity index (χ3v) is 5.47. The van der Waals surface area contributed by atoms with Crippen molar-refractivity contribution in [1.29, 1.82) is 0 Å². The van der Waals surface area contributed by atoms with E-state index in [0.717, 1.165) is 18.5 Å². The highest BCUT2D eigenvalue weighted by Gasteiger charge is 2.31. The van der Waals surface area contributed by atoms with Crippen molar-refractivity contribution in [3.05, 3.63) is 95.6 Å². The molecule has 0 aliphatic heterocycles. The van der Waals surface area contributed by atoms with E-state index in [9.17, 15) is 4.79 Å². The molecule has 2 aromatic heterocycles. The molecule has 0 fully saturated rings. The summed E-state index contributed by atoms with van der Waals surface area (Å²) in [4.78, 5) is 21.7. The quantitative estimate of drug-likeness (QED) is 0.450. The van der Waals surface area contributed by atoms with Crippen LogP contribution in [-0.4, -0.2) is 15.8 Å². The Labute approximate surface area is 169 Å². The van der Waals surface area contributed by atoms with Gasteiger partial charge in [0.15, 0.2) is 5.76 Å². The van der Waals surface area contributed by atoms with Crippen LogP contribution < -0.4 is 0 Å². The van der Waals surface area contributed by atoms with Gasteiger partial charge >= 0.3 is 0 Å². The fourth-order valence-electron chi connectivity index (χ4n) is 3.98. The maximum Gasteiger partial charge on any atom is 0.264 e. The second kappa shape index (κ2) is 7.13. The van der Waals surface area contributed by atoms with Gasteiger partial charge in [0, 0.05) is 11.6 Å². The molecule has 4 nitrogen and oxygen atoms in total. The van der Waals surface area contributed by atoms with Crippen LogP contribution in [0, 0.1) is 12.8 Å². The van der Waals surface area contributed by atoms with Crippen LogP contribution in [0.15, 0.2) is 77.3 Å². The Hall–Kier alpha value is -3.53. The first-order valence-corrected chi connectivity index (χ1v) is 9.79. The zero-order chi connectivity index (χ0) is 19.8. The van der Waals surface area contributed by atoms with Crippen molar-refractivity contribution in [1.82, 2.24) is 9.97 Å². The van der Waals surface area contributed by atoms with E-state index >= 15 is 0 Å². The molecule has 2 heterocycles. The Kier molecular flexibility index (Phi) is 4.32. The molecule has 0 N–H and O–H groups in total. The lowest BCUT2D eigenvalue weighted by Crippen LogP contribution is -2.15. The molecule has 4 heteroatoms. The van der Waals surface area contributed by atoms with Crippen molar-refractivity contribution in [3.63, 3.8) is 0 Å². The van der Waals surface area contributed by atoms with Crippen LogP contribution in [-0.2, 0) is 12.8 Å². The third-order valence-electron chi connectivity index (χ3n) is 5.47. The molecular formula is C25H20N2O2. The van der Waals surface area contributed by atoms with E-state index in [1.54, 1.807) is 6.20 Å². The number of nitrogens with zero attached hydrogens (tertiary/aromatic N) is 2. The standard InChI is InChI=1S/C25H20N2O2/c1-16-6-5-9-22(27-16)23-15-26-25(29-23)24(28)21-13-19-11-10-18(12-20(19)14-21)17-7-3-2-4-8-17/h2-12,15,21H,13-14H2,1H3. The molecule has 0 amide bonds. The molecule has 0 radical (unpaired) electrons. The molecule has 0 saturated heterocycles. The van der Waals surface area contributed by atoms with Gasteiger partial charge in [0.1, 0.15) is 5.69 Å². The van der Waals surface area contributed by atoms with Crippen molar-refractivity contribution in [2.45, 2.75) is 19.8 Å². The Balaban J connectivity index is 1.36. The lowest BCUT2D eigenvalue weighted by atomic mass is 10.00. The number of oxazole rings is 1. The predicted octanol–water partition coefficient (Wildman–Crippen LogP) is 5.31. The smallest absolute Gasteiger partial charge is 0.264 e. The largest absolute Gasteiger partial charge is 0.432 e. The van der Waals surface area contributed by atoms with Gasteiger partial charge in [-0.15, -0.1) is 0 Å². The second-order valence-corrected chi connectivity index (χ2v) is 7.51. The first kappa shape index (κ1) is 17.6. The van der Waals surface area contributed by atoms with Crippen molar-refractivity contribution < 1.29 is 9.21 Å². The third kappa shape index (κ3) is 3.38. The predicted molar refractivity (Wildman–Crippen MR) is 112 cm³/mol. The summed E-state index contributed by atoms with van der Waals surface area (Å²) >= 11 is 0. The van der Waals surface area contributed by atoms with Crippen LogP contribution in [0.3, 0.4) is 0 Å². The van der Waals surface area contributed by atoms with Crippen LogP contribution in [0.1, 0.15) is 27.5 Å². The minimum atomic E-state index is -0.131. The molecule has 0 saturated carbocycles. The normalized spacial score (nSPS) is 15.3. The molecule has 1 aliphatic carbocycles. The fourth-order valence-corrected chi connectivity index (χ4v) is 3.98. The number of hydrogen-bond donors (Lipinski definition) is 0. The van der Waals surface area contributed by atoms with Crippen LogP contribution in [0.5, 0.6) is 0 Å². The molecule has 142 valence electrons. The molecular weight excluding hydrogens is 360 g/mol. The second-order valence-electron chi connectivity index (χ2n) is 7.51. The zero-order valence-electron chi connectivity index (χ0n) is 16.1. The number of benzene rings is 2. The first-order chi connectivity index (χ1) is 14.2. The summed E-state index contributed by atoms with van der Waals surface area (Å²) in [6.07, 6.45) is 3.03. The Morgan fingerprint density at radius 1 is 0.931 bits per heavy atom. The van der Waals surface area contributed by atoms with Crippen molar-refractivity contribution in [2.75, 3.05) is 0 Å². The minimum Gasteiger partial charge on any atom is -0.432 e. The van der Waals surface area contributed by atoms with Crippen molar-refractivity contribution >= 4 is 5.78 Å². The lowest BCUT2D eigenvalue weighted by molar-refractivity contribution is 0.0890. The summed E-state index contributed by atoms with van der Waals surface area (Å²) in [5.74, 6) is 0.526. The summed E-state index contributed by atoms with van der Waals surface area (Å²) in [7, 11) is 0. The molecule has 1 atom stereocenters. The number of rotatable bonds is 4. The number of carbonyl (C=O) groups excluding carboxylic acids is 1. The fraction of sp³-hybridized carbons (Fsp3) is 0.160. The van der Waals surface area contributed by atoms with E-state index in [0.29, 0.717) is 11.5 Å². The number of fused-ring (bicyclic) bond motifs is 1. The lowest BCUT2D eigenvalue weighted by Gasteiger charge is -2.05. The first-order valence-electron chi connectivity index (χ1n) is 9.79. The molecule has 0 bridgehead atoms. The van der Waals surface area contributed by atoms with Crippen LogP contribution in [0.4, 0.5) is 0 Å². The molecule has 5 rings (SSSR count). The van der Waals surface area contributed by atoms with E-state index < -0.39 is 0 Å². The average Bonchev–Trinajstić information content (AvgIpc) is 3.41. The summed E-state index contributed by atoms with van der Waals surface area (Å²) < 4.78 is 5.77. The molecule has 1 aliphatic rings. The number of ketones is 1. The van der Waals surface area contributed by atoms with Crippen molar-refractivity contribution in [3.8, 4) is 22.6 Å². The number of carbonyl (C=O) groups is 1. The Morgan fingerprint density at radius 2 is 1.76 bits per heavy atom. The average molecular weight is 380 g/mol. The van der Waals surface area contributed by atoms with Gasteiger partial charge in [-0.3, -0.25) is 4.79 Å². The monoisotopic (exact) mass is 380 g/mol. The number of Topliss-reactive ketones (excluding diaryl/α,β-unsaturated/α-hetero) is 1. The summed E-state index contributed by atoms with van der Waals surface area (Å²) in [5, 5.41) is 0. The van der Waals surface area contributed by atoms with E-state index in [-0.39, 0.29) is 17.6 Å². The van der Waals surface area contributed by atoms with Gasteiger partial charge < -0.3 is 4.42 Å². The van der Waals surface area contributed by atoms with Gasteiger partial charge in [-0.05, 0) is 54.2 Å². The molecule has 29 heavy (non-hydrogen) atoms. The van der Waals surface area contributed by atoms with Gasteiger partial charge in [0.05, 0.1) is 6.20 Å². The number of hydrogen-bond acceptors (Lipinski definition) is 4.